The van der Waals surface area contributed by atoms with Gasteiger partial charge in [0.2, 0.25) is 0 Å². The van der Waals surface area contributed by atoms with E-state index in [4.69, 9.17) is 9.47 Å². The summed E-state index contributed by atoms with van der Waals surface area (Å²) in [5.74, 6) is 0. The molecule has 0 aromatic carbocycles. The molecular formula is C9H21NO2. The average molecular weight is 175 g/mol. The van der Waals surface area contributed by atoms with E-state index in [0.717, 1.165) is 6.42 Å². The predicted octanol–water partition coefficient (Wildman–Crippen LogP) is 1.04. The second-order valence-electron chi connectivity index (χ2n) is 3.08. The zero-order valence-electron chi connectivity index (χ0n) is 8.59. The molecule has 0 aliphatic heterocycles. The van der Waals surface area contributed by atoms with Crippen molar-refractivity contribution in [3.8, 4) is 0 Å². The maximum Gasteiger partial charge on any atom is 0.0638 e. The summed E-state index contributed by atoms with van der Waals surface area (Å²) in [4.78, 5) is 0. The van der Waals surface area contributed by atoms with Crippen molar-refractivity contribution in [2.75, 3.05) is 27.4 Å². The summed E-state index contributed by atoms with van der Waals surface area (Å²) in [7, 11) is 3.42. The predicted molar refractivity (Wildman–Crippen MR) is 50.4 cm³/mol. The van der Waals surface area contributed by atoms with Gasteiger partial charge >= 0.3 is 0 Å². The fraction of sp³-hybridized carbons (Fsp3) is 1.00. The summed E-state index contributed by atoms with van der Waals surface area (Å²) < 4.78 is 10.1. The van der Waals surface area contributed by atoms with Crippen molar-refractivity contribution in [1.82, 2.24) is 5.32 Å². The van der Waals surface area contributed by atoms with E-state index in [1.54, 1.807) is 14.2 Å². The third-order valence-corrected chi connectivity index (χ3v) is 1.87. The monoisotopic (exact) mass is 175 g/mol. The van der Waals surface area contributed by atoms with Crippen LogP contribution in [0.2, 0.25) is 0 Å². The lowest BCUT2D eigenvalue weighted by molar-refractivity contribution is 0.0982. The SMILES string of the molecule is CCC(C)NC(COC)COC. The lowest BCUT2D eigenvalue weighted by atomic mass is 10.2. The van der Waals surface area contributed by atoms with Crippen molar-refractivity contribution in [1.29, 1.82) is 0 Å². The molecule has 0 saturated carbocycles. The van der Waals surface area contributed by atoms with Gasteiger partial charge in [0.15, 0.2) is 0 Å². The van der Waals surface area contributed by atoms with Gasteiger partial charge in [0.25, 0.3) is 0 Å². The zero-order valence-corrected chi connectivity index (χ0v) is 8.59. The summed E-state index contributed by atoms with van der Waals surface area (Å²) in [6.07, 6.45) is 1.13. The largest absolute Gasteiger partial charge is 0.383 e. The molecule has 0 amide bonds. The third-order valence-electron chi connectivity index (χ3n) is 1.87. The van der Waals surface area contributed by atoms with Crippen LogP contribution in [0.5, 0.6) is 0 Å². The topological polar surface area (TPSA) is 30.5 Å². The molecule has 74 valence electrons. The number of rotatable bonds is 7. The first-order valence-electron chi connectivity index (χ1n) is 4.48. The quantitative estimate of drug-likeness (QED) is 0.627. The first kappa shape index (κ1) is 11.9. The minimum atomic E-state index is 0.315. The third kappa shape index (κ3) is 5.52. The van der Waals surface area contributed by atoms with Crippen molar-refractivity contribution in [3.63, 3.8) is 0 Å². The van der Waals surface area contributed by atoms with Gasteiger partial charge in [0, 0.05) is 20.3 Å². The van der Waals surface area contributed by atoms with Crippen LogP contribution in [0.3, 0.4) is 0 Å². The lowest BCUT2D eigenvalue weighted by Crippen LogP contribution is -2.42. The minimum absolute atomic E-state index is 0.315. The molecular weight excluding hydrogens is 154 g/mol. The first-order valence-corrected chi connectivity index (χ1v) is 4.48. The van der Waals surface area contributed by atoms with Crippen LogP contribution in [0.1, 0.15) is 20.3 Å². The Kier molecular flexibility index (Phi) is 7.45. The highest BCUT2D eigenvalue weighted by Crippen LogP contribution is 1.93. The Labute approximate surface area is 75.4 Å². The van der Waals surface area contributed by atoms with E-state index in [9.17, 15) is 0 Å². The van der Waals surface area contributed by atoms with Gasteiger partial charge in [0.05, 0.1) is 19.3 Å². The van der Waals surface area contributed by atoms with E-state index >= 15 is 0 Å². The molecule has 0 aromatic rings. The number of methoxy groups -OCH3 is 2. The fourth-order valence-electron chi connectivity index (χ4n) is 1.07. The molecule has 0 saturated heterocycles. The van der Waals surface area contributed by atoms with Crippen LogP contribution in [0, 0.1) is 0 Å². The summed E-state index contributed by atoms with van der Waals surface area (Å²) in [6, 6.07) is 0.843. The second kappa shape index (κ2) is 7.53. The molecule has 1 unspecified atom stereocenters. The molecule has 0 rings (SSSR count). The van der Waals surface area contributed by atoms with Gasteiger partial charge in [-0.1, -0.05) is 6.92 Å². The lowest BCUT2D eigenvalue weighted by Gasteiger charge is -2.21. The highest BCUT2D eigenvalue weighted by Gasteiger charge is 2.09. The van der Waals surface area contributed by atoms with Crippen molar-refractivity contribution in [2.45, 2.75) is 32.4 Å². The Hall–Kier alpha value is -0.120. The maximum absolute atomic E-state index is 5.06. The Balaban J connectivity index is 3.61. The highest BCUT2D eigenvalue weighted by atomic mass is 16.5. The number of hydrogen-bond donors (Lipinski definition) is 1. The summed E-state index contributed by atoms with van der Waals surface area (Å²) in [5.41, 5.74) is 0. The Morgan fingerprint density at radius 3 is 2.00 bits per heavy atom. The van der Waals surface area contributed by atoms with Gasteiger partial charge in [-0.3, -0.25) is 0 Å². The van der Waals surface area contributed by atoms with Gasteiger partial charge in [-0.15, -0.1) is 0 Å². The van der Waals surface area contributed by atoms with Crippen LogP contribution in [-0.2, 0) is 9.47 Å². The fourth-order valence-corrected chi connectivity index (χ4v) is 1.07. The highest BCUT2D eigenvalue weighted by molar-refractivity contribution is 4.69. The van der Waals surface area contributed by atoms with Crippen molar-refractivity contribution in [3.05, 3.63) is 0 Å². The molecule has 1 atom stereocenters. The van der Waals surface area contributed by atoms with Crippen molar-refractivity contribution < 1.29 is 9.47 Å². The van der Waals surface area contributed by atoms with Gasteiger partial charge in [-0.05, 0) is 13.3 Å². The molecule has 12 heavy (non-hydrogen) atoms. The normalized spacial score (nSPS) is 13.8. The Bertz CT molecular complexity index is 92.5. The molecule has 0 spiro atoms. The molecule has 1 N–H and O–H groups in total. The molecule has 0 bridgehead atoms. The van der Waals surface area contributed by atoms with Crippen molar-refractivity contribution in [2.24, 2.45) is 0 Å². The Morgan fingerprint density at radius 1 is 1.17 bits per heavy atom. The van der Waals surface area contributed by atoms with Gasteiger partial charge in [-0.2, -0.15) is 0 Å². The number of hydrogen-bond acceptors (Lipinski definition) is 3. The van der Waals surface area contributed by atoms with Crippen LogP contribution in [0.4, 0.5) is 0 Å². The molecule has 0 heterocycles. The standard InChI is InChI=1S/C9H21NO2/c1-5-8(2)10-9(6-11-3)7-12-4/h8-10H,5-7H2,1-4H3. The smallest absolute Gasteiger partial charge is 0.0638 e. The molecule has 0 radical (unpaired) electrons. The zero-order chi connectivity index (χ0) is 9.40. The molecule has 0 aromatic heterocycles. The van der Waals surface area contributed by atoms with E-state index in [1.807, 2.05) is 0 Å². The summed E-state index contributed by atoms with van der Waals surface area (Å²) in [6.45, 7) is 5.74. The van der Waals surface area contributed by atoms with Crippen LogP contribution in [-0.4, -0.2) is 39.5 Å². The molecule has 0 aliphatic carbocycles. The van der Waals surface area contributed by atoms with E-state index in [1.165, 1.54) is 0 Å². The summed E-state index contributed by atoms with van der Waals surface area (Å²) >= 11 is 0. The Morgan fingerprint density at radius 2 is 1.67 bits per heavy atom. The van der Waals surface area contributed by atoms with Gasteiger partial charge in [-0.25, -0.2) is 0 Å². The van der Waals surface area contributed by atoms with Crippen LogP contribution >= 0.6 is 0 Å². The van der Waals surface area contributed by atoms with E-state index in [-0.39, 0.29) is 0 Å². The van der Waals surface area contributed by atoms with E-state index in [0.29, 0.717) is 25.3 Å². The average Bonchev–Trinajstić information content (AvgIpc) is 2.05. The van der Waals surface area contributed by atoms with Gasteiger partial charge < -0.3 is 14.8 Å². The van der Waals surface area contributed by atoms with Crippen LogP contribution in [0.15, 0.2) is 0 Å². The van der Waals surface area contributed by atoms with E-state index in [2.05, 4.69) is 19.2 Å². The maximum atomic E-state index is 5.06. The molecule has 3 heteroatoms. The van der Waals surface area contributed by atoms with E-state index < -0.39 is 0 Å². The minimum Gasteiger partial charge on any atom is -0.383 e. The van der Waals surface area contributed by atoms with Crippen LogP contribution < -0.4 is 5.32 Å². The second-order valence-corrected chi connectivity index (χ2v) is 3.08. The van der Waals surface area contributed by atoms with Gasteiger partial charge in [0.1, 0.15) is 0 Å². The summed E-state index contributed by atoms with van der Waals surface area (Å²) in [5, 5.41) is 3.42. The number of ether oxygens (including phenoxy) is 2. The molecule has 3 nitrogen and oxygen atoms in total. The van der Waals surface area contributed by atoms with Crippen LogP contribution in [0.25, 0.3) is 0 Å². The number of nitrogens with one attached hydrogen (secondary N) is 1. The molecule has 0 aliphatic rings. The molecule has 0 fully saturated rings. The van der Waals surface area contributed by atoms with Crippen molar-refractivity contribution >= 4 is 0 Å². The first-order chi connectivity index (χ1) is 5.74.